The maximum absolute atomic E-state index is 11.7. The van der Waals surface area contributed by atoms with Crippen molar-refractivity contribution in [3.05, 3.63) is 23.3 Å². The van der Waals surface area contributed by atoms with E-state index in [1.54, 1.807) is 12.5 Å². The SMILES string of the molecule is C=C(CC(C)C1CC[C@H]2C3=C(C[C@H](O)[C@]12C)[C@@]1(C)CC[C@@H](O)C(C)(C)[C@@H]1CC3)C(C)C(=O)O. The average molecular weight is 459 g/mol. The number of carboxylic acid groups (broad SMARTS) is 1. The Kier molecular flexibility index (Phi) is 6.22. The van der Waals surface area contributed by atoms with Crippen LogP contribution < -0.4 is 0 Å². The highest BCUT2D eigenvalue weighted by atomic mass is 16.4. The van der Waals surface area contributed by atoms with Gasteiger partial charge in [0.2, 0.25) is 0 Å². The van der Waals surface area contributed by atoms with Gasteiger partial charge < -0.3 is 15.3 Å². The zero-order valence-electron chi connectivity index (χ0n) is 21.7. The lowest BCUT2D eigenvalue weighted by molar-refractivity contribution is -0.139. The molecule has 9 atom stereocenters. The molecule has 186 valence electrons. The molecular formula is C29H46O4. The molecular weight excluding hydrogens is 412 g/mol. The summed E-state index contributed by atoms with van der Waals surface area (Å²) in [6, 6.07) is 0. The number of aliphatic carboxylic acids is 1. The standard InChI is InChI=1S/C29H46O4/c1-16(18(3)26(32)33)14-17(2)20-9-10-21-19-8-11-23-27(4,5)24(30)12-13-28(23,6)22(19)15-25(31)29(20,21)7/h17-18,20-21,23-25,30-31H,1,8-15H2,2-7H3,(H,32,33)/t17?,18?,20?,21-,23-,24+,25-,28+,29+/m0/s1. The van der Waals surface area contributed by atoms with Crippen molar-refractivity contribution in [1.29, 1.82) is 0 Å². The van der Waals surface area contributed by atoms with E-state index < -0.39 is 11.9 Å². The maximum Gasteiger partial charge on any atom is 0.310 e. The topological polar surface area (TPSA) is 77.8 Å². The summed E-state index contributed by atoms with van der Waals surface area (Å²) in [6.45, 7) is 17.3. The number of hydrogen-bond acceptors (Lipinski definition) is 3. The third-order valence-corrected chi connectivity index (χ3v) is 11.3. The van der Waals surface area contributed by atoms with Gasteiger partial charge in [-0.25, -0.2) is 0 Å². The molecule has 4 aliphatic rings. The summed E-state index contributed by atoms with van der Waals surface area (Å²) >= 11 is 0. The average Bonchev–Trinajstić information content (AvgIpc) is 3.10. The summed E-state index contributed by atoms with van der Waals surface area (Å²) in [5.74, 6) is 0.229. The monoisotopic (exact) mass is 458 g/mol. The Morgan fingerprint density at radius 2 is 1.73 bits per heavy atom. The number of aliphatic hydroxyl groups excluding tert-OH is 2. The molecule has 0 bridgehead atoms. The van der Waals surface area contributed by atoms with Gasteiger partial charge in [0.05, 0.1) is 18.1 Å². The Morgan fingerprint density at radius 1 is 1.06 bits per heavy atom. The summed E-state index contributed by atoms with van der Waals surface area (Å²) in [4.78, 5) is 11.4. The highest BCUT2D eigenvalue weighted by Gasteiger charge is 2.61. The summed E-state index contributed by atoms with van der Waals surface area (Å²) < 4.78 is 0. The van der Waals surface area contributed by atoms with Gasteiger partial charge in [0, 0.05) is 5.41 Å². The van der Waals surface area contributed by atoms with Crippen molar-refractivity contribution in [2.24, 2.45) is 45.8 Å². The predicted molar refractivity (Wildman–Crippen MR) is 132 cm³/mol. The van der Waals surface area contributed by atoms with Crippen LogP contribution in [0.15, 0.2) is 23.3 Å². The Labute approximate surface area is 200 Å². The van der Waals surface area contributed by atoms with Crippen molar-refractivity contribution in [2.75, 3.05) is 0 Å². The molecule has 0 aromatic carbocycles. The first-order valence-corrected chi connectivity index (χ1v) is 13.2. The van der Waals surface area contributed by atoms with Crippen molar-refractivity contribution in [2.45, 2.75) is 105 Å². The normalized spacial score (nSPS) is 43.8. The number of hydrogen-bond donors (Lipinski definition) is 3. The molecule has 33 heavy (non-hydrogen) atoms. The first kappa shape index (κ1) is 25.0. The second kappa shape index (κ2) is 8.22. The lowest BCUT2D eigenvalue weighted by atomic mass is 9.45. The Balaban J connectivity index is 1.63. The van der Waals surface area contributed by atoms with Crippen molar-refractivity contribution in [3.63, 3.8) is 0 Å². The zero-order chi connectivity index (χ0) is 24.5. The van der Waals surface area contributed by atoms with Crippen LogP contribution in [0, 0.1) is 45.8 Å². The smallest absolute Gasteiger partial charge is 0.310 e. The van der Waals surface area contributed by atoms with Gasteiger partial charge in [-0.3, -0.25) is 4.79 Å². The molecule has 0 amide bonds. The van der Waals surface area contributed by atoms with Crippen LogP contribution in [0.5, 0.6) is 0 Å². The van der Waals surface area contributed by atoms with Crippen LogP contribution in [-0.4, -0.2) is 33.5 Å². The molecule has 0 aromatic rings. The number of rotatable bonds is 5. The second-order valence-corrected chi connectivity index (χ2v) is 13.1. The van der Waals surface area contributed by atoms with Crippen LogP contribution in [0.3, 0.4) is 0 Å². The number of fused-ring (bicyclic) bond motifs is 4. The highest BCUT2D eigenvalue weighted by Crippen LogP contribution is 2.68. The van der Waals surface area contributed by atoms with E-state index in [1.807, 2.05) is 0 Å². The predicted octanol–water partition coefficient (Wildman–Crippen LogP) is 5.98. The van der Waals surface area contributed by atoms with Crippen LogP contribution in [0.25, 0.3) is 0 Å². The number of carboxylic acids is 1. The van der Waals surface area contributed by atoms with Gasteiger partial charge in [0.15, 0.2) is 0 Å². The van der Waals surface area contributed by atoms with Crippen molar-refractivity contribution >= 4 is 5.97 Å². The van der Waals surface area contributed by atoms with Crippen LogP contribution in [-0.2, 0) is 4.79 Å². The lowest BCUT2D eigenvalue weighted by Gasteiger charge is -2.60. The van der Waals surface area contributed by atoms with Gasteiger partial charge in [-0.15, -0.1) is 0 Å². The second-order valence-electron chi connectivity index (χ2n) is 13.1. The van der Waals surface area contributed by atoms with E-state index in [9.17, 15) is 20.1 Å². The molecule has 2 fully saturated rings. The van der Waals surface area contributed by atoms with Gasteiger partial charge in [-0.1, -0.05) is 57.9 Å². The number of allylic oxidation sites excluding steroid dienone is 1. The third kappa shape index (κ3) is 3.57. The fraction of sp³-hybridized carbons (Fsp3) is 0.828. The van der Waals surface area contributed by atoms with Crippen LogP contribution in [0.1, 0.15) is 92.9 Å². The molecule has 3 N–H and O–H groups in total. The molecule has 4 nitrogen and oxygen atoms in total. The van der Waals surface area contributed by atoms with Crippen LogP contribution in [0.2, 0.25) is 0 Å². The maximum atomic E-state index is 11.7. The number of carbonyl (C=O) groups is 1. The molecule has 3 unspecified atom stereocenters. The summed E-state index contributed by atoms with van der Waals surface area (Å²) in [7, 11) is 0. The minimum atomic E-state index is -0.805. The lowest BCUT2D eigenvalue weighted by Crippen LogP contribution is -2.55. The van der Waals surface area contributed by atoms with Crippen molar-refractivity contribution in [1.82, 2.24) is 0 Å². The van der Waals surface area contributed by atoms with E-state index in [4.69, 9.17) is 0 Å². The van der Waals surface area contributed by atoms with Gasteiger partial charge in [0.25, 0.3) is 0 Å². The molecule has 0 saturated heterocycles. The molecule has 0 spiro atoms. The van der Waals surface area contributed by atoms with Crippen LogP contribution >= 0.6 is 0 Å². The summed E-state index contributed by atoms with van der Waals surface area (Å²) in [5, 5.41) is 31.9. The quantitative estimate of drug-likeness (QED) is 0.443. The fourth-order valence-corrected chi connectivity index (χ4v) is 9.13. The van der Waals surface area contributed by atoms with E-state index in [0.717, 1.165) is 50.5 Å². The molecule has 4 rings (SSSR count). The van der Waals surface area contributed by atoms with Gasteiger partial charge >= 0.3 is 5.97 Å². The molecule has 0 aromatic heterocycles. The largest absolute Gasteiger partial charge is 0.481 e. The summed E-state index contributed by atoms with van der Waals surface area (Å²) in [5.41, 5.74) is 3.77. The Morgan fingerprint density at radius 3 is 2.36 bits per heavy atom. The minimum Gasteiger partial charge on any atom is -0.481 e. The van der Waals surface area contributed by atoms with Gasteiger partial charge in [-0.2, -0.15) is 0 Å². The summed E-state index contributed by atoms with van der Waals surface area (Å²) in [6.07, 6.45) is 7.17. The van der Waals surface area contributed by atoms with Gasteiger partial charge in [0.1, 0.15) is 0 Å². The fourth-order valence-electron chi connectivity index (χ4n) is 9.13. The molecule has 4 heteroatoms. The third-order valence-electron chi connectivity index (χ3n) is 11.3. The van der Waals surface area contributed by atoms with Crippen molar-refractivity contribution in [3.8, 4) is 0 Å². The van der Waals surface area contributed by atoms with E-state index in [-0.39, 0.29) is 28.5 Å². The zero-order valence-corrected chi connectivity index (χ0v) is 21.7. The van der Waals surface area contributed by atoms with E-state index in [1.165, 1.54) is 5.57 Å². The first-order valence-electron chi connectivity index (χ1n) is 13.2. The highest BCUT2D eigenvalue weighted by molar-refractivity contribution is 5.72. The van der Waals surface area contributed by atoms with Crippen molar-refractivity contribution < 1.29 is 20.1 Å². The van der Waals surface area contributed by atoms with E-state index in [0.29, 0.717) is 30.1 Å². The first-order chi connectivity index (χ1) is 15.3. The molecule has 0 aliphatic heterocycles. The molecule has 0 radical (unpaired) electrons. The van der Waals surface area contributed by atoms with Gasteiger partial charge in [-0.05, 0) is 92.8 Å². The minimum absolute atomic E-state index is 0.0769. The van der Waals surface area contributed by atoms with E-state index in [2.05, 4.69) is 41.2 Å². The number of aliphatic hydroxyl groups is 2. The molecule has 2 saturated carbocycles. The Hall–Kier alpha value is -1.13. The van der Waals surface area contributed by atoms with E-state index >= 15 is 0 Å². The Bertz CT molecular complexity index is 856. The molecule has 0 heterocycles. The van der Waals surface area contributed by atoms with Crippen LogP contribution in [0.4, 0.5) is 0 Å². The molecule has 4 aliphatic carbocycles.